The van der Waals surface area contributed by atoms with E-state index in [1.54, 1.807) is 0 Å². The van der Waals surface area contributed by atoms with Crippen molar-refractivity contribution in [1.82, 2.24) is 4.90 Å². The van der Waals surface area contributed by atoms with Crippen LogP contribution in [0, 0.1) is 11.8 Å². The highest BCUT2D eigenvalue weighted by atomic mass is 35.5. The lowest BCUT2D eigenvalue weighted by Gasteiger charge is -2.23. The fraction of sp³-hybridized carbons (Fsp3) is 0.467. The van der Waals surface area contributed by atoms with E-state index in [-0.39, 0.29) is 5.02 Å². The van der Waals surface area contributed by atoms with Gasteiger partial charge >= 0.3 is 15.6 Å². The molecule has 132 valence electrons. The van der Waals surface area contributed by atoms with Crippen LogP contribution in [0.25, 0.3) is 0 Å². The number of alkyl halides is 3. The van der Waals surface area contributed by atoms with Crippen molar-refractivity contribution in [2.45, 2.75) is 24.8 Å². The third-order valence-electron chi connectivity index (χ3n) is 3.40. The van der Waals surface area contributed by atoms with Gasteiger partial charge in [0.2, 0.25) is 0 Å². The molecule has 1 saturated heterocycles. The van der Waals surface area contributed by atoms with E-state index in [1.807, 2.05) is 0 Å². The molecule has 9 heteroatoms. The van der Waals surface area contributed by atoms with E-state index in [0.717, 1.165) is 32.0 Å². The minimum absolute atomic E-state index is 0.257. The number of nitrogens with zero attached hydrogens (tertiary/aromatic N) is 1. The van der Waals surface area contributed by atoms with Crippen LogP contribution in [0.3, 0.4) is 0 Å². The third-order valence-corrected chi connectivity index (χ3v) is 4.66. The van der Waals surface area contributed by atoms with E-state index in [0.29, 0.717) is 12.1 Å². The Balaban J connectivity index is 2.05. The Labute approximate surface area is 143 Å². The smallest absolute Gasteiger partial charge is 0.374 e. The van der Waals surface area contributed by atoms with Gasteiger partial charge in [-0.1, -0.05) is 29.9 Å². The summed E-state index contributed by atoms with van der Waals surface area (Å²) in [6.45, 7) is 2.59. The average molecular weight is 382 g/mol. The van der Waals surface area contributed by atoms with Gasteiger partial charge in [-0.25, -0.2) is 0 Å². The Bertz CT molecular complexity index is 747. The molecule has 0 bridgehead atoms. The molecule has 1 aliphatic heterocycles. The maximum Gasteiger partial charge on any atom is 0.534 e. The van der Waals surface area contributed by atoms with Gasteiger partial charge in [0.05, 0.1) is 11.6 Å². The Morgan fingerprint density at radius 3 is 2.46 bits per heavy atom. The van der Waals surface area contributed by atoms with Crippen molar-refractivity contribution in [2.75, 3.05) is 19.6 Å². The molecule has 1 aliphatic rings. The Hall–Kier alpha value is -1.43. The van der Waals surface area contributed by atoms with Gasteiger partial charge in [-0.05, 0) is 44.1 Å². The number of rotatable bonds is 3. The van der Waals surface area contributed by atoms with Gasteiger partial charge in [0.25, 0.3) is 0 Å². The van der Waals surface area contributed by atoms with Crippen LogP contribution >= 0.6 is 11.6 Å². The van der Waals surface area contributed by atoms with Gasteiger partial charge in [0, 0.05) is 5.56 Å². The maximum atomic E-state index is 12.3. The number of halogens is 4. The first-order valence-corrected chi connectivity index (χ1v) is 8.99. The van der Waals surface area contributed by atoms with E-state index >= 15 is 0 Å². The van der Waals surface area contributed by atoms with Gasteiger partial charge in [0.1, 0.15) is 0 Å². The molecule has 24 heavy (non-hydrogen) atoms. The van der Waals surface area contributed by atoms with Gasteiger partial charge in [-0.15, -0.1) is 0 Å². The minimum atomic E-state index is -5.74. The minimum Gasteiger partial charge on any atom is -0.374 e. The predicted octanol–water partition coefficient (Wildman–Crippen LogP) is 3.41. The van der Waals surface area contributed by atoms with Crippen molar-refractivity contribution in [3.05, 3.63) is 28.8 Å². The second kappa shape index (κ2) is 7.64. The molecule has 1 aromatic carbocycles. The van der Waals surface area contributed by atoms with Gasteiger partial charge in [-0.2, -0.15) is 21.6 Å². The van der Waals surface area contributed by atoms with E-state index in [2.05, 4.69) is 20.9 Å². The largest absolute Gasteiger partial charge is 0.534 e. The van der Waals surface area contributed by atoms with Gasteiger partial charge < -0.3 is 4.18 Å². The van der Waals surface area contributed by atoms with Crippen molar-refractivity contribution in [3.8, 4) is 17.6 Å². The fourth-order valence-electron chi connectivity index (χ4n) is 2.18. The molecule has 0 aromatic heterocycles. The highest BCUT2D eigenvalue weighted by Gasteiger charge is 2.48. The van der Waals surface area contributed by atoms with Crippen molar-refractivity contribution in [1.29, 1.82) is 0 Å². The van der Waals surface area contributed by atoms with Crippen LogP contribution in [0.15, 0.2) is 18.2 Å². The number of hydrogen-bond acceptors (Lipinski definition) is 4. The Kier molecular flexibility index (Phi) is 6.01. The molecule has 0 aliphatic carbocycles. The topological polar surface area (TPSA) is 46.6 Å². The summed E-state index contributed by atoms with van der Waals surface area (Å²) in [7, 11) is -5.74. The molecule has 1 heterocycles. The summed E-state index contributed by atoms with van der Waals surface area (Å²) in [5, 5.41) is -0.257. The van der Waals surface area contributed by atoms with Crippen LogP contribution < -0.4 is 4.18 Å². The standard InChI is InChI=1S/C15H15ClF3NO3S/c16-13-11-12(5-4-10-20-8-2-1-3-9-20)6-7-14(13)23-24(21,22)15(17,18)19/h6-7,11H,1-3,8-10H2. The van der Waals surface area contributed by atoms with E-state index in [1.165, 1.54) is 18.6 Å². The van der Waals surface area contributed by atoms with Crippen LogP contribution in [0.2, 0.25) is 5.02 Å². The second-order valence-electron chi connectivity index (χ2n) is 5.27. The van der Waals surface area contributed by atoms with Crippen LogP contribution in [-0.2, 0) is 10.1 Å². The summed E-state index contributed by atoms with van der Waals surface area (Å²) in [6.07, 6.45) is 3.52. The fourth-order valence-corrected chi connectivity index (χ4v) is 2.92. The first-order chi connectivity index (χ1) is 11.2. The molecular weight excluding hydrogens is 367 g/mol. The molecule has 0 atom stereocenters. The summed E-state index contributed by atoms with van der Waals surface area (Å²) in [5.74, 6) is 5.23. The predicted molar refractivity (Wildman–Crippen MR) is 84.2 cm³/mol. The molecular formula is C15H15ClF3NO3S. The molecule has 0 saturated carbocycles. The average Bonchev–Trinajstić information content (AvgIpc) is 2.50. The molecule has 0 N–H and O–H groups in total. The summed E-state index contributed by atoms with van der Waals surface area (Å²) in [4.78, 5) is 2.21. The number of likely N-dealkylation sites (tertiary alicyclic amines) is 1. The van der Waals surface area contributed by atoms with Crippen molar-refractivity contribution in [2.24, 2.45) is 0 Å². The summed E-state index contributed by atoms with van der Waals surface area (Å²) in [5.41, 5.74) is -5.04. The highest BCUT2D eigenvalue weighted by molar-refractivity contribution is 7.88. The van der Waals surface area contributed by atoms with Crippen molar-refractivity contribution < 1.29 is 25.8 Å². The highest BCUT2D eigenvalue weighted by Crippen LogP contribution is 2.31. The first kappa shape index (κ1) is 18.9. The monoisotopic (exact) mass is 381 g/mol. The Morgan fingerprint density at radius 2 is 1.88 bits per heavy atom. The van der Waals surface area contributed by atoms with Gasteiger partial charge in [-0.3, -0.25) is 4.90 Å². The zero-order valence-corrected chi connectivity index (χ0v) is 14.1. The lowest BCUT2D eigenvalue weighted by Crippen LogP contribution is -2.29. The van der Waals surface area contributed by atoms with E-state index < -0.39 is 21.4 Å². The lowest BCUT2D eigenvalue weighted by atomic mass is 10.1. The molecule has 4 nitrogen and oxygen atoms in total. The van der Waals surface area contributed by atoms with E-state index in [4.69, 9.17) is 11.6 Å². The van der Waals surface area contributed by atoms with Crippen LogP contribution in [0.1, 0.15) is 24.8 Å². The number of piperidine rings is 1. The molecule has 2 rings (SSSR count). The summed E-state index contributed by atoms with van der Waals surface area (Å²) in [6, 6.07) is 3.68. The van der Waals surface area contributed by atoms with Gasteiger partial charge in [0.15, 0.2) is 5.75 Å². The molecule has 1 fully saturated rings. The zero-order chi connectivity index (χ0) is 17.8. The summed E-state index contributed by atoms with van der Waals surface area (Å²) >= 11 is 5.78. The SMILES string of the molecule is O=S(=O)(Oc1ccc(C#CCN2CCCCC2)cc1Cl)C(F)(F)F. The molecule has 0 amide bonds. The lowest BCUT2D eigenvalue weighted by molar-refractivity contribution is -0.0500. The molecule has 1 aromatic rings. The first-order valence-electron chi connectivity index (χ1n) is 7.20. The zero-order valence-electron chi connectivity index (χ0n) is 12.6. The van der Waals surface area contributed by atoms with Crippen molar-refractivity contribution >= 4 is 21.7 Å². The normalized spacial score (nSPS) is 16.3. The van der Waals surface area contributed by atoms with Crippen LogP contribution in [-0.4, -0.2) is 38.5 Å². The maximum absolute atomic E-state index is 12.3. The number of hydrogen-bond donors (Lipinski definition) is 0. The van der Waals surface area contributed by atoms with Crippen LogP contribution in [0.4, 0.5) is 13.2 Å². The summed E-state index contributed by atoms with van der Waals surface area (Å²) < 4.78 is 62.8. The van der Waals surface area contributed by atoms with E-state index in [9.17, 15) is 21.6 Å². The second-order valence-corrected chi connectivity index (χ2v) is 7.21. The van der Waals surface area contributed by atoms with Crippen LogP contribution in [0.5, 0.6) is 5.75 Å². The molecule has 0 unspecified atom stereocenters. The third kappa shape index (κ3) is 5.03. The van der Waals surface area contributed by atoms with Crippen molar-refractivity contribution in [3.63, 3.8) is 0 Å². The number of benzene rings is 1. The quantitative estimate of drug-likeness (QED) is 0.457. The molecule has 0 radical (unpaired) electrons. The molecule has 0 spiro atoms. The Morgan fingerprint density at radius 1 is 1.21 bits per heavy atom.